The summed E-state index contributed by atoms with van der Waals surface area (Å²) in [5, 5.41) is 8.43. The van der Waals surface area contributed by atoms with Crippen molar-refractivity contribution in [3.05, 3.63) is 79.1 Å². The van der Waals surface area contributed by atoms with Crippen LogP contribution in [0.2, 0.25) is 0 Å². The molecule has 0 aliphatic carbocycles. The van der Waals surface area contributed by atoms with Crippen LogP contribution in [-0.2, 0) is 4.74 Å². The Bertz CT molecular complexity index is 1220. The Morgan fingerprint density at radius 2 is 1.82 bits per heavy atom. The van der Waals surface area contributed by atoms with Gasteiger partial charge in [-0.15, -0.1) is 0 Å². The van der Waals surface area contributed by atoms with Crippen molar-refractivity contribution in [1.29, 1.82) is 0 Å². The quantitative estimate of drug-likeness (QED) is 0.426. The molecule has 2 aromatic carbocycles. The van der Waals surface area contributed by atoms with E-state index in [-0.39, 0.29) is 0 Å². The fraction of sp³-hybridized carbons (Fsp3) is 0.259. The van der Waals surface area contributed by atoms with Gasteiger partial charge in [-0.2, -0.15) is 5.10 Å². The average molecular weight is 456 g/mol. The maximum Gasteiger partial charge on any atom is 0.126 e. The molecule has 1 aliphatic heterocycles. The SMILES string of the molecule is COc1cccc(-c2nn(-c3ccccc3)cc2-c2ccnc(NCCN3CCOCC3)c2)c1. The van der Waals surface area contributed by atoms with Gasteiger partial charge in [0.25, 0.3) is 0 Å². The number of morpholine rings is 1. The van der Waals surface area contributed by atoms with Crippen molar-refractivity contribution in [2.75, 3.05) is 51.8 Å². The van der Waals surface area contributed by atoms with E-state index in [0.29, 0.717) is 0 Å². The number of pyridine rings is 1. The summed E-state index contributed by atoms with van der Waals surface area (Å²) in [4.78, 5) is 6.95. The predicted octanol–water partition coefficient (Wildman–Crippen LogP) is 4.35. The van der Waals surface area contributed by atoms with E-state index in [2.05, 4.69) is 45.7 Å². The molecule has 7 nitrogen and oxygen atoms in total. The number of hydrogen-bond donors (Lipinski definition) is 1. The summed E-state index contributed by atoms with van der Waals surface area (Å²) in [6.07, 6.45) is 3.93. The smallest absolute Gasteiger partial charge is 0.126 e. The van der Waals surface area contributed by atoms with Crippen LogP contribution >= 0.6 is 0 Å². The second-order valence-electron chi connectivity index (χ2n) is 8.21. The minimum Gasteiger partial charge on any atom is -0.497 e. The van der Waals surface area contributed by atoms with Gasteiger partial charge < -0.3 is 14.8 Å². The molecule has 5 rings (SSSR count). The van der Waals surface area contributed by atoms with E-state index in [1.165, 1.54) is 0 Å². The van der Waals surface area contributed by atoms with Crippen LogP contribution in [0.25, 0.3) is 28.1 Å². The fourth-order valence-electron chi connectivity index (χ4n) is 4.14. The zero-order valence-corrected chi connectivity index (χ0v) is 19.4. The number of benzene rings is 2. The largest absolute Gasteiger partial charge is 0.497 e. The molecule has 0 bridgehead atoms. The van der Waals surface area contributed by atoms with Crippen LogP contribution in [0, 0.1) is 0 Å². The molecular weight excluding hydrogens is 426 g/mol. The topological polar surface area (TPSA) is 64.4 Å². The highest BCUT2D eigenvalue weighted by molar-refractivity contribution is 5.82. The first-order valence-corrected chi connectivity index (χ1v) is 11.6. The van der Waals surface area contributed by atoms with Crippen LogP contribution in [0.15, 0.2) is 79.1 Å². The molecule has 7 heteroatoms. The van der Waals surface area contributed by atoms with Crippen molar-refractivity contribution in [1.82, 2.24) is 19.7 Å². The summed E-state index contributed by atoms with van der Waals surface area (Å²) in [6, 6.07) is 22.3. The molecule has 1 aliphatic rings. The molecule has 3 heterocycles. The van der Waals surface area contributed by atoms with Gasteiger partial charge in [-0.1, -0.05) is 30.3 Å². The predicted molar refractivity (Wildman–Crippen MR) is 135 cm³/mol. The Hall–Kier alpha value is -3.68. The van der Waals surface area contributed by atoms with E-state index < -0.39 is 0 Å². The highest BCUT2D eigenvalue weighted by Gasteiger charge is 2.16. The van der Waals surface area contributed by atoms with Gasteiger partial charge in [0, 0.05) is 49.7 Å². The van der Waals surface area contributed by atoms with Crippen molar-refractivity contribution in [3.63, 3.8) is 0 Å². The van der Waals surface area contributed by atoms with E-state index in [9.17, 15) is 0 Å². The molecule has 0 spiro atoms. The number of nitrogens with one attached hydrogen (secondary N) is 1. The first kappa shape index (κ1) is 22.1. The van der Waals surface area contributed by atoms with Gasteiger partial charge in [0.15, 0.2) is 0 Å². The van der Waals surface area contributed by atoms with Gasteiger partial charge >= 0.3 is 0 Å². The van der Waals surface area contributed by atoms with Gasteiger partial charge in [0.2, 0.25) is 0 Å². The van der Waals surface area contributed by atoms with E-state index in [4.69, 9.17) is 14.6 Å². The monoisotopic (exact) mass is 455 g/mol. The molecule has 0 saturated carbocycles. The number of methoxy groups -OCH3 is 1. The zero-order valence-electron chi connectivity index (χ0n) is 19.4. The van der Waals surface area contributed by atoms with Crippen LogP contribution in [0.4, 0.5) is 5.82 Å². The molecule has 0 atom stereocenters. The van der Waals surface area contributed by atoms with Gasteiger partial charge in [0.05, 0.1) is 26.0 Å². The maximum absolute atomic E-state index is 5.46. The number of ether oxygens (including phenoxy) is 2. The van der Waals surface area contributed by atoms with Crippen molar-refractivity contribution in [2.24, 2.45) is 0 Å². The third-order valence-electron chi connectivity index (χ3n) is 5.99. The van der Waals surface area contributed by atoms with Crippen LogP contribution < -0.4 is 10.1 Å². The summed E-state index contributed by atoms with van der Waals surface area (Å²) in [5.41, 5.74) is 5.01. The van der Waals surface area contributed by atoms with Gasteiger partial charge in [-0.3, -0.25) is 4.90 Å². The Labute approximate surface area is 200 Å². The third kappa shape index (κ3) is 5.11. The molecule has 0 amide bonds. The van der Waals surface area contributed by atoms with Crippen LogP contribution in [-0.4, -0.2) is 66.2 Å². The lowest BCUT2D eigenvalue weighted by Gasteiger charge is -2.26. The molecule has 0 unspecified atom stereocenters. The first-order valence-electron chi connectivity index (χ1n) is 11.6. The van der Waals surface area contributed by atoms with E-state index in [0.717, 1.165) is 79.0 Å². The van der Waals surface area contributed by atoms with Gasteiger partial charge in [-0.25, -0.2) is 9.67 Å². The van der Waals surface area contributed by atoms with Gasteiger partial charge in [-0.05, 0) is 42.0 Å². The van der Waals surface area contributed by atoms with Crippen molar-refractivity contribution < 1.29 is 9.47 Å². The third-order valence-corrected chi connectivity index (χ3v) is 5.99. The standard InChI is InChI=1S/C27H29N5O2/c1-33-24-9-5-6-22(18-24)27-25(20-32(30-27)23-7-3-2-4-8-23)21-10-11-28-26(19-21)29-12-13-31-14-16-34-17-15-31/h2-11,18-20H,12-17H2,1H3,(H,28,29). The van der Waals surface area contributed by atoms with E-state index >= 15 is 0 Å². The first-order chi connectivity index (χ1) is 16.8. The molecule has 4 aromatic rings. The fourth-order valence-corrected chi connectivity index (χ4v) is 4.14. The molecule has 0 radical (unpaired) electrons. The Balaban J connectivity index is 1.44. The summed E-state index contributed by atoms with van der Waals surface area (Å²) in [7, 11) is 1.68. The second kappa shape index (κ2) is 10.5. The van der Waals surface area contributed by atoms with Crippen LogP contribution in [0.5, 0.6) is 5.75 Å². The van der Waals surface area contributed by atoms with Crippen LogP contribution in [0.1, 0.15) is 0 Å². The number of hydrogen-bond acceptors (Lipinski definition) is 6. The molecule has 174 valence electrons. The lowest BCUT2D eigenvalue weighted by atomic mass is 10.0. The number of nitrogens with zero attached hydrogens (tertiary/aromatic N) is 4. The summed E-state index contributed by atoms with van der Waals surface area (Å²) in [6.45, 7) is 5.40. The van der Waals surface area contributed by atoms with Crippen LogP contribution in [0.3, 0.4) is 0 Å². The summed E-state index contributed by atoms with van der Waals surface area (Å²) in [5.74, 6) is 1.66. The number of anilines is 1. The summed E-state index contributed by atoms with van der Waals surface area (Å²) >= 11 is 0. The minimum absolute atomic E-state index is 0.804. The Kier molecular flexibility index (Phi) is 6.84. The maximum atomic E-state index is 5.46. The van der Waals surface area contributed by atoms with Gasteiger partial charge in [0.1, 0.15) is 17.3 Å². The minimum atomic E-state index is 0.804. The second-order valence-corrected chi connectivity index (χ2v) is 8.21. The van der Waals surface area contributed by atoms with Crippen molar-refractivity contribution >= 4 is 5.82 Å². The highest BCUT2D eigenvalue weighted by atomic mass is 16.5. The number of rotatable bonds is 8. The number of aromatic nitrogens is 3. The Morgan fingerprint density at radius 1 is 0.971 bits per heavy atom. The molecule has 1 fully saturated rings. The lowest BCUT2D eigenvalue weighted by Crippen LogP contribution is -2.39. The summed E-state index contributed by atoms with van der Waals surface area (Å²) < 4.78 is 12.8. The van der Waals surface area contributed by atoms with E-state index in [1.807, 2.05) is 53.3 Å². The zero-order chi connectivity index (χ0) is 23.2. The highest BCUT2D eigenvalue weighted by Crippen LogP contribution is 2.34. The normalized spacial score (nSPS) is 14.1. The molecule has 1 N–H and O–H groups in total. The molecule has 34 heavy (non-hydrogen) atoms. The van der Waals surface area contributed by atoms with Crippen molar-refractivity contribution in [3.8, 4) is 33.8 Å². The Morgan fingerprint density at radius 3 is 2.65 bits per heavy atom. The number of para-hydroxylation sites is 1. The lowest BCUT2D eigenvalue weighted by molar-refractivity contribution is 0.0398. The van der Waals surface area contributed by atoms with Crippen molar-refractivity contribution in [2.45, 2.75) is 0 Å². The molecular formula is C27H29N5O2. The molecule has 1 saturated heterocycles. The average Bonchev–Trinajstić information content (AvgIpc) is 3.36. The van der Waals surface area contributed by atoms with E-state index in [1.54, 1.807) is 7.11 Å². The molecule has 2 aromatic heterocycles.